The van der Waals surface area contributed by atoms with Crippen LogP contribution in [0.3, 0.4) is 0 Å². The summed E-state index contributed by atoms with van der Waals surface area (Å²) in [6.45, 7) is 3.75. The molecule has 0 aliphatic rings. The smallest absolute Gasteiger partial charge is 0.130 e. The van der Waals surface area contributed by atoms with E-state index in [9.17, 15) is 4.39 Å². The Morgan fingerprint density at radius 1 is 1.21 bits per heavy atom. The van der Waals surface area contributed by atoms with Gasteiger partial charge < -0.3 is 5.11 Å². The van der Waals surface area contributed by atoms with Gasteiger partial charge in [-0.2, -0.15) is 0 Å². The van der Waals surface area contributed by atoms with E-state index < -0.39 is 6.17 Å². The van der Waals surface area contributed by atoms with Crippen molar-refractivity contribution in [2.24, 2.45) is 11.8 Å². The van der Waals surface area contributed by atoms with Gasteiger partial charge in [-0.25, -0.2) is 4.39 Å². The van der Waals surface area contributed by atoms with Crippen LogP contribution in [0, 0.1) is 11.8 Å². The van der Waals surface area contributed by atoms with Gasteiger partial charge in [-0.15, -0.1) is 0 Å². The molecular formula is C12H17FO. The molecular weight excluding hydrogens is 179 g/mol. The molecule has 2 atom stereocenters. The predicted molar refractivity (Wildman–Crippen MR) is 55.7 cm³/mol. The third-order valence-electron chi connectivity index (χ3n) is 2.56. The molecule has 0 radical (unpaired) electrons. The van der Waals surface area contributed by atoms with E-state index >= 15 is 0 Å². The van der Waals surface area contributed by atoms with Crippen molar-refractivity contribution in [3.05, 3.63) is 35.9 Å². The first-order chi connectivity index (χ1) is 6.66. The monoisotopic (exact) mass is 196 g/mol. The Labute approximate surface area is 84.6 Å². The lowest BCUT2D eigenvalue weighted by Gasteiger charge is -2.22. The molecule has 1 N–H and O–H groups in total. The number of halogens is 1. The van der Waals surface area contributed by atoms with Crippen LogP contribution in [0.2, 0.25) is 0 Å². The fraction of sp³-hybridized carbons (Fsp3) is 0.500. The molecule has 14 heavy (non-hydrogen) atoms. The lowest BCUT2D eigenvalue weighted by Crippen LogP contribution is -2.19. The summed E-state index contributed by atoms with van der Waals surface area (Å²) < 4.78 is 13.9. The van der Waals surface area contributed by atoms with Crippen LogP contribution in [0.4, 0.5) is 4.39 Å². The molecule has 0 amide bonds. The number of alkyl halides is 1. The van der Waals surface area contributed by atoms with Crippen molar-refractivity contribution >= 4 is 0 Å². The topological polar surface area (TPSA) is 20.2 Å². The molecule has 0 bridgehead atoms. The highest BCUT2D eigenvalue weighted by molar-refractivity contribution is 5.18. The Morgan fingerprint density at radius 2 is 1.79 bits per heavy atom. The van der Waals surface area contributed by atoms with E-state index in [1.807, 2.05) is 32.0 Å². The van der Waals surface area contributed by atoms with Gasteiger partial charge in [0.25, 0.3) is 0 Å². The van der Waals surface area contributed by atoms with Crippen molar-refractivity contribution in [2.45, 2.75) is 20.0 Å². The number of benzene rings is 1. The van der Waals surface area contributed by atoms with Crippen LogP contribution < -0.4 is 0 Å². The molecule has 0 saturated carbocycles. The molecule has 1 nitrogen and oxygen atoms in total. The quantitative estimate of drug-likeness (QED) is 0.785. The zero-order valence-electron chi connectivity index (χ0n) is 8.65. The Balaban J connectivity index is 2.78. The van der Waals surface area contributed by atoms with Crippen LogP contribution in [0.5, 0.6) is 0 Å². The fourth-order valence-electron chi connectivity index (χ4n) is 1.53. The fourth-order valence-corrected chi connectivity index (χ4v) is 1.53. The summed E-state index contributed by atoms with van der Waals surface area (Å²) in [4.78, 5) is 0. The second-order valence-corrected chi connectivity index (χ2v) is 3.90. The molecule has 0 fully saturated rings. The van der Waals surface area contributed by atoms with Gasteiger partial charge in [-0.05, 0) is 11.5 Å². The maximum Gasteiger partial charge on any atom is 0.130 e. The molecule has 0 aliphatic heterocycles. The zero-order valence-corrected chi connectivity index (χ0v) is 8.65. The Morgan fingerprint density at radius 3 is 2.21 bits per heavy atom. The summed E-state index contributed by atoms with van der Waals surface area (Å²) in [5.41, 5.74) is 0.653. The maximum absolute atomic E-state index is 13.9. The second kappa shape index (κ2) is 5.11. The molecule has 0 spiro atoms. The highest BCUT2D eigenvalue weighted by atomic mass is 19.1. The van der Waals surface area contributed by atoms with Crippen molar-refractivity contribution < 1.29 is 9.50 Å². The van der Waals surface area contributed by atoms with E-state index in [1.54, 1.807) is 12.1 Å². The average molecular weight is 196 g/mol. The van der Waals surface area contributed by atoms with E-state index in [-0.39, 0.29) is 18.4 Å². The number of hydrogen-bond donors (Lipinski definition) is 1. The van der Waals surface area contributed by atoms with Crippen molar-refractivity contribution in [1.82, 2.24) is 0 Å². The minimum Gasteiger partial charge on any atom is -0.396 e. The first kappa shape index (κ1) is 11.2. The van der Waals surface area contributed by atoms with Crippen LogP contribution in [0.15, 0.2) is 30.3 Å². The van der Waals surface area contributed by atoms with Gasteiger partial charge in [0.05, 0.1) is 0 Å². The van der Waals surface area contributed by atoms with E-state index in [1.165, 1.54) is 0 Å². The van der Waals surface area contributed by atoms with Gasteiger partial charge in [0, 0.05) is 12.5 Å². The van der Waals surface area contributed by atoms with Gasteiger partial charge >= 0.3 is 0 Å². The third kappa shape index (κ3) is 2.55. The van der Waals surface area contributed by atoms with E-state index in [0.717, 1.165) is 0 Å². The van der Waals surface area contributed by atoms with Gasteiger partial charge in [0.1, 0.15) is 6.17 Å². The zero-order chi connectivity index (χ0) is 10.6. The number of aliphatic hydroxyl groups is 1. The summed E-state index contributed by atoms with van der Waals surface area (Å²) in [7, 11) is 0. The standard InChI is InChI=1S/C12H17FO/c1-9(2)11(8-14)12(13)10-6-4-3-5-7-10/h3-7,9,11-12,14H,8H2,1-2H3/t11-,12+/m0/s1. The molecule has 0 aliphatic carbocycles. The van der Waals surface area contributed by atoms with Gasteiger partial charge in [0.2, 0.25) is 0 Å². The molecule has 1 aromatic rings. The van der Waals surface area contributed by atoms with Gasteiger partial charge in [-0.3, -0.25) is 0 Å². The average Bonchev–Trinajstić information content (AvgIpc) is 2.19. The maximum atomic E-state index is 13.9. The number of hydrogen-bond acceptors (Lipinski definition) is 1. The van der Waals surface area contributed by atoms with E-state index in [2.05, 4.69) is 0 Å². The van der Waals surface area contributed by atoms with Crippen LogP contribution in [0.25, 0.3) is 0 Å². The van der Waals surface area contributed by atoms with Gasteiger partial charge in [0.15, 0.2) is 0 Å². The van der Waals surface area contributed by atoms with Crippen molar-refractivity contribution in [3.63, 3.8) is 0 Å². The number of rotatable bonds is 4. The molecule has 0 heterocycles. The summed E-state index contributed by atoms with van der Waals surface area (Å²) in [5.74, 6) is -0.160. The SMILES string of the molecule is CC(C)[C@H](CO)[C@H](F)c1ccccc1. The molecule has 0 unspecified atom stereocenters. The summed E-state index contributed by atoms with van der Waals surface area (Å²) in [6, 6.07) is 9.01. The lowest BCUT2D eigenvalue weighted by molar-refractivity contribution is 0.104. The minimum absolute atomic E-state index is 0.103. The molecule has 78 valence electrons. The van der Waals surface area contributed by atoms with Gasteiger partial charge in [-0.1, -0.05) is 44.2 Å². The summed E-state index contributed by atoms with van der Waals surface area (Å²) in [6.07, 6.45) is -1.07. The first-order valence-corrected chi connectivity index (χ1v) is 4.96. The molecule has 0 saturated heterocycles. The summed E-state index contributed by atoms with van der Waals surface area (Å²) in [5, 5.41) is 9.09. The van der Waals surface area contributed by atoms with Crippen molar-refractivity contribution in [3.8, 4) is 0 Å². The van der Waals surface area contributed by atoms with Crippen LogP contribution in [0.1, 0.15) is 25.6 Å². The Hall–Kier alpha value is -0.890. The first-order valence-electron chi connectivity index (χ1n) is 4.96. The molecule has 0 aromatic heterocycles. The largest absolute Gasteiger partial charge is 0.396 e. The third-order valence-corrected chi connectivity index (χ3v) is 2.56. The minimum atomic E-state index is -1.07. The van der Waals surface area contributed by atoms with Crippen LogP contribution in [-0.2, 0) is 0 Å². The van der Waals surface area contributed by atoms with Crippen molar-refractivity contribution in [1.29, 1.82) is 0 Å². The molecule has 1 rings (SSSR count). The molecule has 2 heteroatoms. The highest BCUT2D eigenvalue weighted by Crippen LogP contribution is 2.30. The Bertz CT molecular complexity index is 258. The van der Waals surface area contributed by atoms with Crippen molar-refractivity contribution in [2.75, 3.05) is 6.61 Å². The van der Waals surface area contributed by atoms with E-state index in [4.69, 9.17) is 5.11 Å². The van der Waals surface area contributed by atoms with Crippen LogP contribution in [-0.4, -0.2) is 11.7 Å². The number of aliphatic hydroxyl groups excluding tert-OH is 1. The predicted octanol–water partition coefficient (Wildman–Crippen LogP) is 2.96. The lowest BCUT2D eigenvalue weighted by atomic mass is 9.88. The molecule has 1 aromatic carbocycles. The van der Waals surface area contributed by atoms with Crippen LogP contribution >= 0.6 is 0 Å². The Kier molecular flexibility index (Phi) is 4.08. The normalized spacial score (nSPS) is 15.5. The summed E-state index contributed by atoms with van der Waals surface area (Å²) >= 11 is 0. The highest BCUT2D eigenvalue weighted by Gasteiger charge is 2.24. The van der Waals surface area contributed by atoms with E-state index in [0.29, 0.717) is 5.56 Å². The second-order valence-electron chi connectivity index (χ2n) is 3.90.